The standard InChI is InChI=1S/C21H25N3O2/c1-13-6-8-18(9-7-13)24-19(10-14(2)23-24)22-21(26)17-11-15-4-3-5-16(12-17)20(15)25/h6-10,15-17H,3-5,11-12H2,1-2H3,(H,22,26). The van der Waals surface area contributed by atoms with Crippen molar-refractivity contribution in [2.24, 2.45) is 17.8 Å². The number of Topliss-reactive ketones (excluding diaryl/α,β-unsaturated/α-hetero) is 1. The zero-order valence-corrected chi connectivity index (χ0v) is 15.4. The third-order valence-corrected chi connectivity index (χ3v) is 5.78. The van der Waals surface area contributed by atoms with Crippen LogP contribution >= 0.6 is 0 Å². The molecule has 2 fully saturated rings. The van der Waals surface area contributed by atoms with Gasteiger partial charge >= 0.3 is 0 Å². The Bertz CT molecular complexity index is 821. The molecule has 26 heavy (non-hydrogen) atoms. The average molecular weight is 351 g/mol. The monoisotopic (exact) mass is 351 g/mol. The summed E-state index contributed by atoms with van der Waals surface area (Å²) in [5.74, 6) is 1.19. The van der Waals surface area contributed by atoms with Gasteiger partial charge in [0, 0.05) is 23.8 Å². The molecule has 0 radical (unpaired) electrons. The summed E-state index contributed by atoms with van der Waals surface area (Å²) < 4.78 is 1.78. The summed E-state index contributed by atoms with van der Waals surface area (Å²) in [6, 6.07) is 9.96. The molecule has 2 saturated carbocycles. The van der Waals surface area contributed by atoms with Crippen molar-refractivity contribution in [3.8, 4) is 5.69 Å². The first-order valence-electron chi connectivity index (χ1n) is 9.49. The van der Waals surface area contributed by atoms with E-state index in [0.717, 1.165) is 30.6 Å². The van der Waals surface area contributed by atoms with E-state index in [4.69, 9.17) is 0 Å². The Morgan fingerprint density at radius 1 is 1.12 bits per heavy atom. The van der Waals surface area contributed by atoms with Gasteiger partial charge in [-0.2, -0.15) is 5.10 Å². The van der Waals surface area contributed by atoms with E-state index in [2.05, 4.69) is 10.4 Å². The third kappa shape index (κ3) is 3.18. The van der Waals surface area contributed by atoms with Gasteiger partial charge in [0.25, 0.3) is 0 Å². The molecule has 1 N–H and O–H groups in total. The second kappa shape index (κ2) is 6.71. The number of nitrogens with zero attached hydrogens (tertiary/aromatic N) is 2. The number of ketones is 1. The first kappa shape index (κ1) is 17.0. The summed E-state index contributed by atoms with van der Waals surface area (Å²) in [4.78, 5) is 25.1. The second-order valence-corrected chi connectivity index (χ2v) is 7.80. The van der Waals surface area contributed by atoms with E-state index in [1.165, 1.54) is 5.56 Å². The Morgan fingerprint density at radius 2 is 1.77 bits per heavy atom. The smallest absolute Gasteiger partial charge is 0.228 e. The molecule has 5 nitrogen and oxygen atoms in total. The lowest BCUT2D eigenvalue weighted by Crippen LogP contribution is -2.40. The van der Waals surface area contributed by atoms with E-state index in [-0.39, 0.29) is 23.7 Å². The van der Waals surface area contributed by atoms with Crippen molar-refractivity contribution in [3.05, 3.63) is 41.6 Å². The van der Waals surface area contributed by atoms with Gasteiger partial charge in [-0.3, -0.25) is 9.59 Å². The van der Waals surface area contributed by atoms with E-state index >= 15 is 0 Å². The molecule has 2 unspecified atom stereocenters. The van der Waals surface area contributed by atoms with Gasteiger partial charge in [-0.15, -0.1) is 0 Å². The number of nitrogens with one attached hydrogen (secondary N) is 1. The van der Waals surface area contributed by atoms with Crippen molar-refractivity contribution in [2.45, 2.75) is 46.0 Å². The number of hydrogen-bond donors (Lipinski definition) is 1. The Balaban J connectivity index is 1.53. The highest BCUT2D eigenvalue weighted by Crippen LogP contribution is 2.40. The molecule has 136 valence electrons. The number of anilines is 1. The van der Waals surface area contributed by atoms with Crippen molar-refractivity contribution in [1.82, 2.24) is 9.78 Å². The van der Waals surface area contributed by atoms with Crippen molar-refractivity contribution in [3.63, 3.8) is 0 Å². The first-order valence-corrected chi connectivity index (χ1v) is 9.49. The molecule has 1 heterocycles. The minimum atomic E-state index is -0.0790. The van der Waals surface area contributed by atoms with Crippen LogP contribution in [0.5, 0.6) is 0 Å². The molecule has 2 bridgehead atoms. The van der Waals surface area contributed by atoms with Crippen LogP contribution in [0.4, 0.5) is 5.82 Å². The van der Waals surface area contributed by atoms with Crippen LogP contribution in [0.3, 0.4) is 0 Å². The minimum absolute atomic E-state index is 0.0164. The van der Waals surface area contributed by atoms with E-state index < -0.39 is 0 Å². The van der Waals surface area contributed by atoms with E-state index in [1.54, 1.807) is 4.68 Å². The van der Waals surface area contributed by atoms with Crippen molar-refractivity contribution >= 4 is 17.5 Å². The molecule has 1 aromatic heterocycles. The fourth-order valence-corrected chi connectivity index (χ4v) is 4.39. The third-order valence-electron chi connectivity index (χ3n) is 5.78. The SMILES string of the molecule is Cc1ccc(-n2nc(C)cc2NC(=O)C2CC3CCCC(C2)C3=O)cc1. The second-order valence-electron chi connectivity index (χ2n) is 7.80. The van der Waals surface area contributed by atoms with Crippen LogP contribution in [0.25, 0.3) is 5.69 Å². The van der Waals surface area contributed by atoms with Gasteiger partial charge in [0.05, 0.1) is 11.4 Å². The number of rotatable bonds is 3. The molecule has 1 aromatic carbocycles. The fraction of sp³-hybridized carbons (Fsp3) is 0.476. The predicted octanol–water partition coefficient (Wildman–Crippen LogP) is 3.82. The predicted molar refractivity (Wildman–Crippen MR) is 100 cm³/mol. The van der Waals surface area contributed by atoms with E-state index in [1.807, 2.05) is 44.2 Å². The van der Waals surface area contributed by atoms with Crippen LogP contribution in [-0.2, 0) is 9.59 Å². The Kier molecular flexibility index (Phi) is 4.39. The van der Waals surface area contributed by atoms with Crippen LogP contribution in [0, 0.1) is 31.6 Å². The van der Waals surface area contributed by atoms with Crippen LogP contribution in [0.2, 0.25) is 0 Å². The van der Waals surface area contributed by atoms with Crippen molar-refractivity contribution < 1.29 is 9.59 Å². The molecule has 2 aliphatic rings. The topological polar surface area (TPSA) is 64.0 Å². The zero-order valence-electron chi connectivity index (χ0n) is 15.4. The van der Waals surface area contributed by atoms with Crippen molar-refractivity contribution in [1.29, 1.82) is 0 Å². The maximum atomic E-state index is 12.9. The lowest BCUT2D eigenvalue weighted by Gasteiger charge is -2.36. The largest absolute Gasteiger partial charge is 0.310 e. The lowest BCUT2D eigenvalue weighted by molar-refractivity contribution is -0.136. The van der Waals surface area contributed by atoms with Gasteiger partial charge < -0.3 is 5.32 Å². The van der Waals surface area contributed by atoms with Gasteiger partial charge in [-0.05, 0) is 51.7 Å². The summed E-state index contributed by atoms with van der Waals surface area (Å²) in [5, 5.41) is 7.59. The Hall–Kier alpha value is -2.43. The molecule has 2 aliphatic carbocycles. The summed E-state index contributed by atoms with van der Waals surface area (Å²) in [6.07, 6.45) is 4.39. The molecule has 1 amide bonds. The molecule has 4 rings (SSSR count). The summed E-state index contributed by atoms with van der Waals surface area (Å²) in [7, 11) is 0. The van der Waals surface area contributed by atoms with Gasteiger partial charge in [0.2, 0.25) is 5.91 Å². The number of carbonyl (C=O) groups excluding carboxylic acids is 2. The van der Waals surface area contributed by atoms with Crippen LogP contribution < -0.4 is 5.32 Å². The molecular formula is C21H25N3O2. The van der Waals surface area contributed by atoms with E-state index in [9.17, 15) is 9.59 Å². The maximum Gasteiger partial charge on any atom is 0.228 e. The number of hydrogen-bond acceptors (Lipinski definition) is 3. The molecule has 2 aromatic rings. The Morgan fingerprint density at radius 3 is 2.42 bits per heavy atom. The summed E-state index contributed by atoms with van der Waals surface area (Å²) in [6.45, 7) is 3.96. The number of amides is 1. The average Bonchev–Trinajstić information content (AvgIpc) is 2.95. The first-order chi connectivity index (χ1) is 12.5. The van der Waals surface area contributed by atoms with Crippen LogP contribution in [-0.4, -0.2) is 21.5 Å². The van der Waals surface area contributed by atoms with E-state index in [0.29, 0.717) is 24.4 Å². The molecule has 0 saturated heterocycles. The normalized spacial score (nSPS) is 25.2. The highest BCUT2D eigenvalue weighted by atomic mass is 16.2. The van der Waals surface area contributed by atoms with Gasteiger partial charge in [-0.25, -0.2) is 4.68 Å². The maximum absolute atomic E-state index is 12.9. The zero-order chi connectivity index (χ0) is 18.3. The number of benzene rings is 1. The van der Waals surface area contributed by atoms with Crippen molar-refractivity contribution in [2.75, 3.05) is 5.32 Å². The summed E-state index contributed by atoms with van der Waals surface area (Å²) >= 11 is 0. The number of aromatic nitrogens is 2. The highest BCUT2D eigenvalue weighted by Gasteiger charge is 2.41. The van der Waals surface area contributed by atoms with Gasteiger partial charge in [0.15, 0.2) is 0 Å². The fourth-order valence-electron chi connectivity index (χ4n) is 4.39. The molecule has 2 atom stereocenters. The quantitative estimate of drug-likeness (QED) is 0.914. The number of aryl methyl sites for hydroxylation is 2. The van der Waals surface area contributed by atoms with Crippen LogP contribution in [0.1, 0.15) is 43.4 Å². The molecule has 0 aliphatic heterocycles. The van der Waals surface area contributed by atoms with Gasteiger partial charge in [0.1, 0.15) is 11.6 Å². The molecule has 5 heteroatoms. The molecule has 0 spiro atoms. The Labute approximate surface area is 153 Å². The summed E-state index contributed by atoms with van der Waals surface area (Å²) in [5.41, 5.74) is 2.97. The highest BCUT2D eigenvalue weighted by molar-refractivity contribution is 5.94. The molecular weight excluding hydrogens is 326 g/mol. The van der Waals surface area contributed by atoms with Gasteiger partial charge in [-0.1, -0.05) is 24.1 Å². The lowest BCUT2D eigenvalue weighted by atomic mass is 9.67. The number of carbonyl (C=O) groups is 2. The minimum Gasteiger partial charge on any atom is -0.310 e. The van der Waals surface area contributed by atoms with Crippen LogP contribution in [0.15, 0.2) is 30.3 Å². The number of fused-ring (bicyclic) bond motifs is 2.